The first-order chi connectivity index (χ1) is 10.0. The number of nitrogens with zero attached hydrogens (tertiary/aromatic N) is 2. The van der Waals surface area contributed by atoms with E-state index >= 15 is 0 Å². The maximum absolute atomic E-state index is 12.8. The summed E-state index contributed by atoms with van der Waals surface area (Å²) in [5.74, 6) is 1.39. The summed E-state index contributed by atoms with van der Waals surface area (Å²) in [4.78, 5) is 0. The molecule has 5 nitrogen and oxygen atoms in total. The fraction of sp³-hybridized carbons (Fsp3) is 0.786. The normalized spacial score (nSPS) is 27.5. The van der Waals surface area contributed by atoms with Gasteiger partial charge in [-0.25, -0.2) is 8.42 Å². The first-order valence-electron chi connectivity index (χ1n) is 7.64. The predicted molar refractivity (Wildman–Crippen MR) is 81.7 cm³/mol. The Kier molecular flexibility index (Phi) is 4.30. The maximum Gasteiger partial charge on any atom is 0.262 e. The Labute approximate surface area is 131 Å². The van der Waals surface area contributed by atoms with Gasteiger partial charge in [0.05, 0.1) is 5.88 Å². The molecule has 1 saturated carbocycles. The van der Waals surface area contributed by atoms with Crippen LogP contribution >= 0.6 is 11.6 Å². The van der Waals surface area contributed by atoms with Crippen LogP contribution < -0.4 is 0 Å². The molecule has 1 aromatic heterocycles. The van der Waals surface area contributed by atoms with Crippen molar-refractivity contribution in [1.82, 2.24) is 14.5 Å². The van der Waals surface area contributed by atoms with E-state index in [1.165, 1.54) is 19.3 Å². The molecule has 1 aliphatic carbocycles. The monoisotopic (exact) mass is 331 g/mol. The third kappa shape index (κ3) is 2.73. The summed E-state index contributed by atoms with van der Waals surface area (Å²) in [6.07, 6.45) is 5.90. The van der Waals surface area contributed by atoms with Crippen molar-refractivity contribution in [3.63, 3.8) is 0 Å². The second-order valence-electron chi connectivity index (χ2n) is 6.22. The number of aromatic nitrogens is 2. The van der Waals surface area contributed by atoms with Crippen LogP contribution in [0.25, 0.3) is 0 Å². The van der Waals surface area contributed by atoms with Crippen LogP contribution in [0.3, 0.4) is 0 Å². The standard InChI is InChI=1S/C14H22ClN3O2S/c1-10-13(8-15)14(17-16-10)21(19,20)18-7-6-11-4-2-3-5-12(11)9-18/h11-12H,2-9H2,1H3,(H,16,17). The summed E-state index contributed by atoms with van der Waals surface area (Å²) in [5, 5.41) is 6.86. The lowest BCUT2D eigenvalue weighted by atomic mass is 9.76. The largest absolute Gasteiger partial charge is 0.281 e. The van der Waals surface area contributed by atoms with Gasteiger partial charge in [0.2, 0.25) is 0 Å². The summed E-state index contributed by atoms with van der Waals surface area (Å²) in [6, 6.07) is 0. The average molecular weight is 332 g/mol. The molecule has 118 valence electrons. The van der Waals surface area contributed by atoms with Crippen molar-refractivity contribution in [2.24, 2.45) is 11.8 Å². The molecule has 1 aromatic rings. The van der Waals surface area contributed by atoms with E-state index in [-0.39, 0.29) is 10.9 Å². The highest BCUT2D eigenvalue weighted by atomic mass is 35.5. The highest BCUT2D eigenvalue weighted by Gasteiger charge is 2.38. The van der Waals surface area contributed by atoms with Gasteiger partial charge in [0.25, 0.3) is 10.0 Å². The topological polar surface area (TPSA) is 66.1 Å². The Morgan fingerprint density at radius 3 is 2.71 bits per heavy atom. The minimum Gasteiger partial charge on any atom is -0.281 e. The number of alkyl halides is 1. The third-order valence-electron chi connectivity index (χ3n) is 5.01. The van der Waals surface area contributed by atoms with Gasteiger partial charge in [0.15, 0.2) is 5.03 Å². The Balaban J connectivity index is 1.85. The first-order valence-corrected chi connectivity index (χ1v) is 9.61. The Morgan fingerprint density at radius 2 is 2.00 bits per heavy atom. The van der Waals surface area contributed by atoms with Gasteiger partial charge >= 0.3 is 0 Å². The van der Waals surface area contributed by atoms with Gasteiger partial charge in [0.1, 0.15) is 0 Å². The van der Waals surface area contributed by atoms with E-state index in [0.717, 1.165) is 18.5 Å². The van der Waals surface area contributed by atoms with Gasteiger partial charge in [-0.15, -0.1) is 11.6 Å². The van der Waals surface area contributed by atoms with Crippen molar-refractivity contribution >= 4 is 21.6 Å². The highest BCUT2D eigenvalue weighted by molar-refractivity contribution is 7.89. The molecule has 0 amide bonds. The molecule has 2 heterocycles. The van der Waals surface area contributed by atoms with E-state index in [2.05, 4.69) is 10.2 Å². The van der Waals surface area contributed by atoms with Gasteiger partial charge < -0.3 is 0 Å². The highest BCUT2D eigenvalue weighted by Crippen LogP contribution is 2.37. The van der Waals surface area contributed by atoms with Crippen LogP contribution in [0.2, 0.25) is 0 Å². The fourth-order valence-electron chi connectivity index (χ4n) is 3.71. The lowest BCUT2D eigenvalue weighted by Crippen LogP contribution is -2.44. The quantitative estimate of drug-likeness (QED) is 0.866. The van der Waals surface area contributed by atoms with Gasteiger partial charge in [-0.2, -0.15) is 9.40 Å². The lowest BCUT2D eigenvalue weighted by molar-refractivity contribution is 0.136. The third-order valence-corrected chi connectivity index (χ3v) is 7.11. The van der Waals surface area contributed by atoms with Crippen LogP contribution in [-0.4, -0.2) is 36.0 Å². The molecule has 7 heteroatoms. The van der Waals surface area contributed by atoms with Crippen molar-refractivity contribution in [3.8, 4) is 0 Å². The van der Waals surface area contributed by atoms with E-state index in [0.29, 0.717) is 30.5 Å². The number of nitrogens with one attached hydrogen (secondary N) is 1. The Morgan fingerprint density at radius 1 is 1.29 bits per heavy atom. The van der Waals surface area contributed by atoms with Gasteiger partial charge in [0, 0.05) is 24.3 Å². The van der Waals surface area contributed by atoms with E-state index in [9.17, 15) is 8.42 Å². The molecule has 2 aliphatic rings. The van der Waals surface area contributed by atoms with Gasteiger partial charge in [-0.3, -0.25) is 5.10 Å². The summed E-state index contributed by atoms with van der Waals surface area (Å²) < 4.78 is 27.3. The summed E-state index contributed by atoms with van der Waals surface area (Å²) >= 11 is 5.89. The minimum absolute atomic E-state index is 0.115. The van der Waals surface area contributed by atoms with E-state index in [1.807, 2.05) is 0 Å². The van der Waals surface area contributed by atoms with Gasteiger partial charge in [-0.1, -0.05) is 19.3 Å². The molecule has 1 aliphatic heterocycles. The second kappa shape index (κ2) is 5.89. The van der Waals surface area contributed by atoms with Crippen molar-refractivity contribution in [3.05, 3.63) is 11.3 Å². The van der Waals surface area contributed by atoms with Crippen LogP contribution in [0.4, 0.5) is 0 Å². The van der Waals surface area contributed by atoms with Gasteiger partial charge in [-0.05, 0) is 31.6 Å². The fourth-order valence-corrected chi connectivity index (χ4v) is 5.79. The zero-order chi connectivity index (χ0) is 15.0. The Bertz CT molecular complexity index is 614. The molecule has 1 saturated heterocycles. The SMILES string of the molecule is Cc1[nH]nc(S(=O)(=O)N2CCC3CCCCC3C2)c1CCl. The second-order valence-corrected chi connectivity index (χ2v) is 8.34. The number of aryl methyl sites for hydroxylation is 1. The molecule has 21 heavy (non-hydrogen) atoms. The molecule has 0 spiro atoms. The van der Waals surface area contributed by atoms with Crippen molar-refractivity contribution in [2.45, 2.75) is 49.9 Å². The molecular formula is C14H22ClN3O2S. The van der Waals surface area contributed by atoms with Crippen LogP contribution in [0, 0.1) is 18.8 Å². The summed E-state index contributed by atoms with van der Waals surface area (Å²) in [5.41, 5.74) is 1.33. The number of hydrogen-bond donors (Lipinski definition) is 1. The molecule has 1 N–H and O–H groups in total. The Hall–Kier alpha value is -0.590. The van der Waals surface area contributed by atoms with Crippen molar-refractivity contribution in [1.29, 1.82) is 0 Å². The summed E-state index contributed by atoms with van der Waals surface area (Å²) in [6.45, 7) is 3.05. The summed E-state index contributed by atoms with van der Waals surface area (Å²) in [7, 11) is -3.53. The molecule has 2 fully saturated rings. The zero-order valence-corrected chi connectivity index (χ0v) is 13.9. The number of piperidine rings is 1. The predicted octanol–water partition coefficient (Wildman–Crippen LogP) is 2.66. The molecule has 3 rings (SSSR count). The molecule has 2 unspecified atom stereocenters. The average Bonchev–Trinajstić information content (AvgIpc) is 2.88. The number of aromatic amines is 1. The number of fused-ring (bicyclic) bond motifs is 1. The van der Waals surface area contributed by atoms with Crippen molar-refractivity contribution in [2.75, 3.05) is 13.1 Å². The molecule has 0 aromatic carbocycles. The lowest BCUT2D eigenvalue weighted by Gasteiger charge is -2.40. The van der Waals surface area contributed by atoms with E-state index in [1.54, 1.807) is 11.2 Å². The molecule has 0 bridgehead atoms. The van der Waals surface area contributed by atoms with Crippen LogP contribution in [0.1, 0.15) is 43.4 Å². The maximum atomic E-state index is 12.8. The van der Waals surface area contributed by atoms with Crippen LogP contribution in [-0.2, 0) is 15.9 Å². The van der Waals surface area contributed by atoms with Crippen molar-refractivity contribution < 1.29 is 8.42 Å². The molecule has 2 atom stereocenters. The molecule has 0 radical (unpaired) electrons. The smallest absolute Gasteiger partial charge is 0.262 e. The molecular weight excluding hydrogens is 310 g/mol. The number of sulfonamides is 1. The van der Waals surface area contributed by atoms with Crippen LogP contribution in [0.5, 0.6) is 0 Å². The number of hydrogen-bond acceptors (Lipinski definition) is 3. The van der Waals surface area contributed by atoms with E-state index < -0.39 is 10.0 Å². The number of halogens is 1. The first kappa shape index (κ1) is 15.3. The van der Waals surface area contributed by atoms with Crippen LogP contribution in [0.15, 0.2) is 5.03 Å². The zero-order valence-electron chi connectivity index (χ0n) is 12.3. The number of H-pyrrole nitrogens is 1. The van der Waals surface area contributed by atoms with E-state index in [4.69, 9.17) is 11.6 Å². The number of rotatable bonds is 3. The minimum atomic E-state index is -3.53.